The summed E-state index contributed by atoms with van der Waals surface area (Å²) in [5, 5.41) is 9.27. The van der Waals surface area contributed by atoms with Crippen LogP contribution in [0.4, 0.5) is 5.69 Å². The van der Waals surface area contributed by atoms with Crippen LogP contribution in [0.2, 0.25) is 0 Å². The molecule has 0 heterocycles. The standard InChI is InChI=1S/C15H17NO3/c1-2-18-13-8-5-9-14(15(13)16)19-12-7-4-3-6-11(12)10-17/h3-9,17H,2,10,16H2,1H3. The van der Waals surface area contributed by atoms with Crippen molar-refractivity contribution in [3.8, 4) is 17.2 Å². The molecule has 0 bridgehead atoms. The second-order valence-corrected chi connectivity index (χ2v) is 3.97. The topological polar surface area (TPSA) is 64.7 Å². The highest BCUT2D eigenvalue weighted by molar-refractivity contribution is 5.63. The van der Waals surface area contributed by atoms with Crippen molar-refractivity contribution < 1.29 is 14.6 Å². The first-order chi connectivity index (χ1) is 9.26. The number of anilines is 1. The third-order valence-corrected chi connectivity index (χ3v) is 2.69. The molecule has 0 saturated heterocycles. The Morgan fingerprint density at radius 2 is 1.68 bits per heavy atom. The van der Waals surface area contributed by atoms with Gasteiger partial charge in [0, 0.05) is 5.56 Å². The van der Waals surface area contributed by atoms with E-state index in [4.69, 9.17) is 15.2 Å². The summed E-state index contributed by atoms with van der Waals surface area (Å²) < 4.78 is 11.2. The average Bonchev–Trinajstić information content (AvgIpc) is 2.44. The van der Waals surface area contributed by atoms with Gasteiger partial charge in [-0.3, -0.25) is 0 Å². The number of hydrogen-bond acceptors (Lipinski definition) is 4. The average molecular weight is 259 g/mol. The zero-order chi connectivity index (χ0) is 13.7. The molecule has 2 aromatic carbocycles. The normalized spacial score (nSPS) is 10.2. The molecule has 0 spiro atoms. The SMILES string of the molecule is CCOc1cccc(Oc2ccccc2CO)c1N. The van der Waals surface area contributed by atoms with Gasteiger partial charge in [0.1, 0.15) is 17.2 Å². The number of benzene rings is 2. The van der Waals surface area contributed by atoms with Gasteiger partial charge in [-0.1, -0.05) is 24.3 Å². The maximum absolute atomic E-state index is 9.27. The first-order valence-electron chi connectivity index (χ1n) is 6.14. The third kappa shape index (κ3) is 2.98. The fourth-order valence-electron chi connectivity index (χ4n) is 1.75. The summed E-state index contributed by atoms with van der Waals surface area (Å²) in [7, 11) is 0. The first-order valence-corrected chi connectivity index (χ1v) is 6.14. The summed E-state index contributed by atoms with van der Waals surface area (Å²) in [5.41, 5.74) is 7.16. The molecule has 2 rings (SSSR count). The van der Waals surface area contributed by atoms with E-state index in [1.807, 2.05) is 25.1 Å². The van der Waals surface area contributed by atoms with Crippen molar-refractivity contribution in [2.75, 3.05) is 12.3 Å². The molecule has 0 atom stereocenters. The minimum atomic E-state index is -0.0821. The third-order valence-electron chi connectivity index (χ3n) is 2.69. The fourth-order valence-corrected chi connectivity index (χ4v) is 1.75. The van der Waals surface area contributed by atoms with Crippen molar-refractivity contribution in [2.24, 2.45) is 0 Å². The van der Waals surface area contributed by atoms with Crippen molar-refractivity contribution in [1.82, 2.24) is 0 Å². The van der Waals surface area contributed by atoms with Crippen LogP contribution < -0.4 is 15.2 Å². The Balaban J connectivity index is 2.30. The van der Waals surface area contributed by atoms with Crippen molar-refractivity contribution in [2.45, 2.75) is 13.5 Å². The number of aliphatic hydroxyl groups excluding tert-OH is 1. The van der Waals surface area contributed by atoms with E-state index in [0.29, 0.717) is 35.1 Å². The number of nitrogen functional groups attached to an aromatic ring is 1. The Morgan fingerprint density at radius 1 is 1.00 bits per heavy atom. The Morgan fingerprint density at radius 3 is 2.42 bits per heavy atom. The van der Waals surface area contributed by atoms with Crippen LogP contribution in [0.1, 0.15) is 12.5 Å². The van der Waals surface area contributed by atoms with E-state index in [1.165, 1.54) is 0 Å². The number of rotatable bonds is 5. The summed E-state index contributed by atoms with van der Waals surface area (Å²) in [6.07, 6.45) is 0. The highest BCUT2D eigenvalue weighted by atomic mass is 16.5. The Bertz CT molecular complexity index is 555. The minimum Gasteiger partial charge on any atom is -0.492 e. The van der Waals surface area contributed by atoms with Crippen molar-refractivity contribution in [3.63, 3.8) is 0 Å². The van der Waals surface area contributed by atoms with Crippen LogP contribution in [0.5, 0.6) is 17.2 Å². The molecule has 2 aromatic rings. The van der Waals surface area contributed by atoms with Gasteiger partial charge in [0.05, 0.1) is 13.2 Å². The lowest BCUT2D eigenvalue weighted by Crippen LogP contribution is -1.99. The number of para-hydroxylation sites is 2. The number of hydrogen-bond donors (Lipinski definition) is 2. The van der Waals surface area contributed by atoms with Crippen LogP contribution >= 0.6 is 0 Å². The molecular formula is C15H17NO3. The molecule has 0 aliphatic carbocycles. The molecule has 0 aliphatic heterocycles. The van der Waals surface area contributed by atoms with E-state index in [1.54, 1.807) is 24.3 Å². The van der Waals surface area contributed by atoms with Crippen molar-refractivity contribution in [3.05, 3.63) is 48.0 Å². The van der Waals surface area contributed by atoms with Gasteiger partial charge in [-0.2, -0.15) is 0 Å². The van der Waals surface area contributed by atoms with Crippen LogP contribution in [-0.2, 0) is 6.61 Å². The van der Waals surface area contributed by atoms with Gasteiger partial charge in [0.2, 0.25) is 0 Å². The first kappa shape index (κ1) is 13.2. The van der Waals surface area contributed by atoms with Crippen molar-refractivity contribution >= 4 is 5.69 Å². The Labute approximate surface area is 112 Å². The number of aliphatic hydroxyl groups is 1. The van der Waals surface area contributed by atoms with Gasteiger partial charge in [-0.25, -0.2) is 0 Å². The van der Waals surface area contributed by atoms with E-state index in [9.17, 15) is 5.11 Å². The van der Waals surface area contributed by atoms with Gasteiger partial charge in [0.15, 0.2) is 5.75 Å². The summed E-state index contributed by atoms with van der Waals surface area (Å²) in [4.78, 5) is 0. The predicted octanol–water partition coefficient (Wildman–Crippen LogP) is 2.95. The Kier molecular flexibility index (Phi) is 4.26. The van der Waals surface area contributed by atoms with E-state index in [2.05, 4.69) is 0 Å². The van der Waals surface area contributed by atoms with Gasteiger partial charge in [-0.15, -0.1) is 0 Å². The molecule has 0 fully saturated rings. The lowest BCUT2D eigenvalue weighted by molar-refractivity contribution is 0.276. The van der Waals surface area contributed by atoms with Crippen molar-refractivity contribution in [1.29, 1.82) is 0 Å². The molecule has 4 heteroatoms. The molecule has 100 valence electrons. The van der Waals surface area contributed by atoms with Gasteiger partial charge in [-0.05, 0) is 25.1 Å². The van der Waals surface area contributed by atoms with E-state index in [0.717, 1.165) is 0 Å². The van der Waals surface area contributed by atoms with E-state index < -0.39 is 0 Å². The molecule has 3 N–H and O–H groups in total. The van der Waals surface area contributed by atoms with E-state index in [-0.39, 0.29) is 6.61 Å². The maximum atomic E-state index is 9.27. The largest absolute Gasteiger partial charge is 0.492 e. The van der Waals surface area contributed by atoms with Crippen LogP contribution in [0.15, 0.2) is 42.5 Å². The number of ether oxygens (including phenoxy) is 2. The molecule has 0 unspecified atom stereocenters. The van der Waals surface area contributed by atoms with Gasteiger partial charge in [0.25, 0.3) is 0 Å². The van der Waals surface area contributed by atoms with E-state index >= 15 is 0 Å². The van der Waals surface area contributed by atoms with Gasteiger partial charge < -0.3 is 20.3 Å². The summed E-state index contributed by atoms with van der Waals surface area (Å²) in [6.45, 7) is 2.36. The van der Waals surface area contributed by atoms with Crippen LogP contribution in [-0.4, -0.2) is 11.7 Å². The molecule has 0 amide bonds. The highest BCUT2D eigenvalue weighted by Crippen LogP contribution is 2.35. The molecule has 19 heavy (non-hydrogen) atoms. The second kappa shape index (κ2) is 6.11. The molecule has 0 saturated carbocycles. The smallest absolute Gasteiger partial charge is 0.154 e. The Hall–Kier alpha value is -2.20. The number of nitrogens with two attached hydrogens (primary N) is 1. The van der Waals surface area contributed by atoms with Crippen LogP contribution in [0.25, 0.3) is 0 Å². The second-order valence-electron chi connectivity index (χ2n) is 3.97. The quantitative estimate of drug-likeness (QED) is 0.810. The van der Waals surface area contributed by atoms with Crippen LogP contribution in [0, 0.1) is 0 Å². The fraction of sp³-hybridized carbons (Fsp3) is 0.200. The predicted molar refractivity (Wildman–Crippen MR) is 74.5 cm³/mol. The maximum Gasteiger partial charge on any atom is 0.154 e. The zero-order valence-electron chi connectivity index (χ0n) is 10.8. The molecule has 0 aliphatic rings. The summed E-state index contributed by atoms with van der Waals surface area (Å²) in [5.74, 6) is 1.71. The lowest BCUT2D eigenvalue weighted by atomic mass is 10.2. The molecule has 0 aromatic heterocycles. The lowest BCUT2D eigenvalue weighted by Gasteiger charge is -2.14. The minimum absolute atomic E-state index is 0.0821. The molecular weight excluding hydrogens is 242 g/mol. The zero-order valence-corrected chi connectivity index (χ0v) is 10.8. The van der Waals surface area contributed by atoms with Crippen LogP contribution in [0.3, 0.4) is 0 Å². The highest BCUT2D eigenvalue weighted by Gasteiger charge is 2.09. The monoisotopic (exact) mass is 259 g/mol. The summed E-state index contributed by atoms with van der Waals surface area (Å²) >= 11 is 0. The summed E-state index contributed by atoms with van der Waals surface area (Å²) in [6, 6.07) is 12.7. The van der Waals surface area contributed by atoms with Gasteiger partial charge >= 0.3 is 0 Å². The molecule has 4 nitrogen and oxygen atoms in total. The molecule has 0 radical (unpaired) electrons.